The number of phenols is 1. The van der Waals surface area contributed by atoms with Crippen LogP contribution in [0.1, 0.15) is 75.8 Å². The number of benzene rings is 2. The first-order valence-corrected chi connectivity index (χ1v) is 13.2. The summed E-state index contributed by atoms with van der Waals surface area (Å²) in [5.74, 6) is -1.17. The number of dihydropyridines is 1. The molecule has 1 aliphatic heterocycles. The predicted octanol–water partition coefficient (Wildman–Crippen LogP) is 7.18. The molecule has 1 heterocycles. The number of carbonyl (C=O) groups is 2. The second-order valence-corrected chi connectivity index (χ2v) is 10.3. The Morgan fingerprint density at radius 3 is 2.61 bits per heavy atom. The number of Topliss-reactive ketones (excluding diaryl/α,β-unsaturated/α-hetero) is 1. The molecule has 5 nitrogen and oxygen atoms in total. The van der Waals surface area contributed by atoms with Crippen molar-refractivity contribution in [2.75, 3.05) is 0 Å². The van der Waals surface area contributed by atoms with Gasteiger partial charge in [-0.2, -0.15) is 0 Å². The van der Waals surface area contributed by atoms with Crippen molar-refractivity contribution >= 4 is 35.0 Å². The molecule has 0 saturated heterocycles. The van der Waals surface area contributed by atoms with Gasteiger partial charge in [0.1, 0.15) is 11.9 Å². The van der Waals surface area contributed by atoms with Crippen LogP contribution in [0.5, 0.6) is 5.75 Å². The van der Waals surface area contributed by atoms with Gasteiger partial charge in [-0.25, -0.2) is 4.79 Å². The summed E-state index contributed by atoms with van der Waals surface area (Å²) in [7, 11) is 0. The van der Waals surface area contributed by atoms with Crippen LogP contribution >= 0.6 is 23.2 Å². The summed E-state index contributed by atoms with van der Waals surface area (Å²) in [4.78, 5) is 27.2. The Hall–Kier alpha value is -2.76. The molecule has 0 amide bonds. The number of allylic oxidation sites excluding steroid dienone is 3. The van der Waals surface area contributed by atoms with Gasteiger partial charge in [-0.05, 0) is 67.5 Å². The number of ketones is 1. The van der Waals surface area contributed by atoms with E-state index in [-0.39, 0.29) is 30.0 Å². The van der Waals surface area contributed by atoms with E-state index in [1.165, 1.54) is 0 Å². The smallest absolute Gasteiger partial charge is 0.337 e. The molecule has 3 atom stereocenters. The summed E-state index contributed by atoms with van der Waals surface area (Å²) in [6.45, 7) is 5.88. The number of aromatic hydroxyl groups is 1. The highest BCUT2D eigenvalue weighted by molar-refractivity contribution is 6.35. The summed E-state index contributed by atoms with van der Waals surface area (Å²) >= 11 is 12.6. The minimum atomic E-state index is -0.630. The standard InChI is InChI=1S/C29H31Cl2NO4/c1-4-7-21(5-2)36-29(35)26-16(3)32-24-13-18(22-11-10-19(30)15-23(22)31)14-25(34)28(24)27(26)17-8-6-9-20(33)12-17/h6,8-12,15,18,21,27,32-33H,4-5,7,13-14H2,1-3H3. The van der Waals surface area contributed by atoms with Gasteiger partial charge in [-0.15, -0.1) is 0 Å². The average molecular weight is 528 g/mol. The fraction of sp³-hybridized carbons (Fsp3) is 0.379. The SMILES string of the molecule is CCCC(CC)OC(=O)C1=C(C)NC2=C(C(=O)CC(c3ccc(Cl)cc3Cl)C2)C1c1cccc(O)c1. The fourth-order valence-electron chi connectivity index (χ4n) is 5.28. The fourth-order valence-corrected chi connectivity index (χ4v) is 5.85. The van der Waals surface area contributed by atoms with E-state index in [2.05, 4.69) is 12.2 Å². The predicted molar refractivity (Wildman–Crippen MR) is 142 cm³/mol. The highest BCUT2D eigenvalue weighted by atomic mass is 35.5. The minimum Gasteiger partial charge on any atom is -0.508 e. The van der Waals surface area contributed by atoms with Gasteiger partial charge in [0.05, 0.1) is 5.57 Å². The summed E-state index contributed by atoms with van der Waals surface area (Å²) in [6.07, 6.45) is 3.01. The lowest BCUT2D eigenvalue weighted by Gasteiger charge is -2.37. The van der Waals surface area contributed by atoms with Gasteiger partial charge in [0.2, 0.25) is 0 Å². The van der Waals surface area contributed by atoms with Crippen LogP contribution in [0.3, 0.4) is 0 Å². The maximum absolute atomic E-state index is 13.7. The third-order valence-corrected chi connectivity index (χ3v) is 7.56. The number of phenolic OH excluding ortho intramolecular Hbond substituents is 1. The van der Waals surface area contributed by atoms with Gasteiger partial charge in [0.25, 0.3) is 0 Å². The van der Waals surface area contributed by atoms with Crippen LogP contribution in [0.4, 0.5) is 0 Å². The van der Waals surface area contributed by atoms with Crippen LogP contribution in [0.15, 0.2) is 65.0 Å². The molecule has 0 radical (unpaired) electrons. The van der Waals surface area contributed by atoms with Crippen molar-refractivity contribution < 1.29 is 19.4 Å². The lowest BCUT2D eigenvalue weighted by molar-refractivity contribution is -0.145. The van der Waals surface area contributed by atoms with Crippen molar-refractivity contribution in [3.8, 4) is 5.75 Å². The van der Waals surface area contributed by atoms with Crippen molar-refractivity contribution in [1.29, 1.82) is 0 Å². The van der Waals surface area contributed by atoms with Crippen molar-refractivity contribution in [2.45, 2.75) is 70.8 Å². The molecule has 36 heavy (non-hydrogen) atoms. The molecule has 3 unspecified atom stereocenters. The zero-order valence-corrected chi connectivity index (χ0v) is 22.2. The highest BCUT2D eigenvalue weighted by Gasteiger charge is 2.42. The minimum absolute atomic E-state index is 0.0634. The molecular formula is C29H31Cl2NO4. The molecule has 190 valence electrons. The molecule has 0 bridgehead atoms. The van der Waals surface area contributed by atoms with E-state index in [1.54, 1.807) is 30.3 Å². The van der Waals surface area contributed by atoms with E-state index in [0.717, 1.165) is 24.1 Å². The van der Waals surface area contributed by atoms with Crippen molar-refractivity contribution in [3.63, 3.8) is 0 Å². The normalized spacial score (nSPS) is 20.6. The van der Waals surface area contributed by atoms with Gasteiger partial charge in [0.15, 0.2) is 5.78 Å². The molecule has 7 heteroatoms. The van der Waals surface area contributed by atoms with E-state index in [0.29, 0.717) is 45.3 Å². The van der Waals surface area contributed by atoms with E-state index >= 15 is 0 Å². The number of esters is 1. The van der Waals surface area contributed by atoms with E-state index < -0.39 is 11.9 Å². The molecule has 2 aliphatic rings. The second-order valence-electron chi connectivity index (χ2n) is 9.50. The molecule has 0 spiro atoms. The number of hydrogen-bond donors (Lipinski definition) is 2. The summed E-state index contributed by atoms with van der Waals surface area (Å²) in [6, 6.07) is 12.1. The first-order valence-electron chi connectivity index (χ1n) is 12.4. The Labute approximate surface area is 222 Å². The van der Waals surface area contributed by atoms with E-state index in [4.69, 9.17) is 27.9 Å². The summed E-state index contributed by atoms with van der Waals surface area (Å²) < 4.78 is 5.90. The van der Waals surface area contributed by atoms with Gasteiger partial charge in [-0.3, -0.25) is 4.79 Å². The number of hydrogen-bond acceptors (Lipinski definition) is 5. The molecule has 4 rings (SSSR count). The summed E-state index contributed by atoms with van der Waals surface area (Å²) in [5, 5.41) is 14.6. The lowest BCUT2D eigenvalue weighted by atomic mass is 9.71. The number of nitrogens with one attached hydrogen (secondary N) is 1. The van der Waals surface area contributed by atoms with Crippen LogP contribution < -0.4 is 5.32 Å². The third kappa shape index (κ3) is 5.33. The second kappa shape index (κ2) is 11.1. The molecule has 0 aromatic heterocycles. The maximum atomic E-state index is 13.7. The third-order valence-electron chi connectivity index (χ3n) is 6.99. The zero-order valence-electron chi connectivity index (χ0n) is 20.7. The highest BCUT2D eigenvalue weighted by Crippen LogP contribution is 2.47. The van der Waals surface area contributed by atoms with Crippen LogP contribution in [0.2, 0.25) is 10.0 Å². The number of halogens is 2. The van der Waals surface area contributed by atoms with Crippen molar-refractivity contribution in [1.82, 2.24) is 5.32 Å². The van der Waals surface area contributed by atoms with Crippen LogP contribution in [0, 0.1) is 0 Å². The van der Waals surface area contributed by atoms with E-state index in [1.807, 2.05) is 26.0 Å². The van der Waals surface area contributed by atoms with Gasteiger partial charge < -0.3 is 15.2 Å². The molecule has 1 aliphatic carbocycles. The van der Waals surface area contributed by atoms with E-state index in [9.17, 15) is 14.7 Å². The van der Waals surface area contributed by atoms with Crippen molar-refractivity contribution in [3.05, 3.63) is 86.2 Å². The first-order chi connectivity index (χ1) is 17.2. The number of carbonyl (C=O) groups excluding carboxylic acids is 2. The number of ether oxygens (including phenoxy) is 1. The molecule has 0 fully saturated rings. The van der Waals surface area contributed by atoms with Gasteiger partial charge in [0, 0.05) is 39.4 Å². The zero-order chi connectivity index (χ0) is 26.0. The molecule has 2 N–H and O–H groups in total. The Morgan fingerprint density at radius 1 is 1.17 bits per heavy atom. The maximum Gasteiger partial charge on any atom is 0.337 e. The molecular weight excluding hydrogens is 497 g/mol. The van der Waals surface area contributed by atoms with Crippen LogP contribution in [-0.4, -0.2) is 23.0 Å². The average Bonchev–Trinajstić information content (AvgIpc) is 2.82. The van der Waals surface area contributed by atoms with Gasteiger partial charge >= 0.3 is 5.97 Å². The first kappa shape index (κ1) is 26.3. The Balaban J connectivity index is 1.76. The topological polar surface area (TPSA) is 75.6 Å². The monoisotopic (exact) mass is 527 g/mol. The largest absolute Gasteiger partial charge is 0.508 e. The summed E-state index contributed by atoms with van der Waals surface area (Å²) in [5.41, 5.74) is 3.91. The van der Waals surface area contributed by atoms with Gasteiger partial charge in [-0.1, -0.05) is 61.7 Å². The van der Waals surface area contributed by atoms with Crippen molar-refractivity contribution in [2.24, 2.45) is 0 Å². The quantitative estimate of drug-likeness (QED) is 0.372. The molecule has 0 saturated carbocycles. The number of rotatable bonds is 7. The van der Waals surface area contributed by atoms with Crippen LogP contribution in [0.25, 0.3) is 0 Å². The van der Waals surface area contributed by atoms with Crippen LogP contribution in [-0.2, 0) is 14.3 Å². The molecule has 2 aromatic rings. The Morgan fingerprint density at radius 2 is 1.94 bits per heavy atom. The Bertz CT molecular complexity index is 1250. The molecule has 2 aromatic carbocycles. The Kier molecular flexibility index (Phi) is 8.11. The lowest BCUT2D eigenvalue weighted by Crippen LogP contribution is -2.36.